The molecule has 23 heavy (non-hydrogen) atoms. The van der Waals surface area contributed by atoms with Gasteiger partial charge in [0.1, 0.15) is 6.04 Å². The molecular formula is C18H27N3O2. The quantitative estimate of drug-likeness (QED) is 0.834. The highest BCUT2D eigenvalue weighted by Gasteiger charge is 2.28. The van der Waals surface area contributed by atoms with E-state index in [4.69, 9.17) is 5.73 Å². The summed E-state index contributed by atoms with van der Waals surface area (Å²) < 4.78 is 0. The Morgan fingerprint density at radius 2 is 2.09 bits per heavy atom. The molecule has 1 aliphatic rings. The number of benzene rings is 1. The van der Waals surface area contributed by atoms with Crippen molar-refractivity contribution in [2.45, 2.75) is 51.1 Å². The summed E-state index contributed by atoms with van der Waals surface area (Å²) in [4.78, 5) is 26.7. The average molecular weight is 317 g/mol. The van der Waals surface area contributed by atoms with Gasteiger partial charge >= 0.3 is 0 Å². The Morgan fingerprint density at radius 3 is 2.74 bits per heavy atom. The normalized spacial score (nSPS) is 19.2. The smallest absolute Gasteiger partial charge is 0.245 e. The van der Waals surface area contributed by atoms with Crippen LogP contribution < -0.4 is 11.1 Å². The highest BCUT2D eigenvalue weighted by Crippen LogP contribution is 2.12. The lowest BCUT2D eigenvalue weighted by Gasteiger charge is -2.33. The Balaban J connectivity index is 1.94. The third-order valence-electron chi connectivity index (χ3n) is 4.19. The van der Waals surface area contributed by atoms with Crippen molar-refractivity contribution in [3.05, 3.63) is 35.9 Å². The molecule has 1 fully saturated rings. The summed E-state index contributed by atoms with van der Waals surface area (Å²) in [5.41, 5.74) is 6.91. The molecule has 2 unspecified atom stereocenters. The highest BCUT2D eigenvalue weighted by molar-refractivity contribution is 5.88. The molecule has 1 heterocycles. The van der Waals surface area contributed by atoms with E-state index in [0.29, 0.717) is 19.4 Å². The monoisotopic (exact) mass is 317 g/mol. The molecule has 0 radical (unpaired) electrons. The molecule has 0 aliphatic carbocycles. The van der Waals surface area contributed by atoms with E-state index in [1.54, 1.807) is 4.90 Å². The topological polar surface area (TPSA) is 75.4 Å². The Kier molecular flexibility index (Phi) is 6.59. The molecule has 2 rings (SSSR count). The fraction of sp³-hybridized carbons (Fsp3) is 0.556. The molecule has 2 atom stereocenters. The van der Waals surface area contributed by atoms with Crippen LogP contribution in [0.25, 0.3) is 0 Å². The predicted octanol–water partition coefficient (Wildman–Crippen LogP) is 1.46. The minimum atomic E-state index is -0.443. The van der Waals surface area contributed by atoms with Crippen molar-refractivity contribution in [3.8, 4) is 0 Å². The van der Waals surface area contributed by atoms with Crippen molar-refractivity contribution < 1.29 is 9.59 Å². The Hall–Kier alpha value is -1.88. The first-order valence-corrected chi connectivity index (χ1v) is 8.47. The van der Waals surface area contributed by atoms with E-state index in [1.165, 1.54) is 0 Å². The van der Waals surface area contributed by atoms with E-state index in [2.05, 4.69) is 5.32 Å². The fourth-order valence-corrected chi connectivity index (χ4v) is 3.00. The number of hydrogen-bond donors (Lipinski definition) is 2. The van der Waals surface area contributed by atoms with E-state index in [-0.39, 0.29) is 17.9 Å². The van der Waals surface area contributed by atoms with Crippen molar-refractivity contribution in [1.29, 1.82) is 0 Å². The first-order chi connectivity index (χ1) is 11.1. The zero-order chi connectivity index (χ0) is 16.7. The Morgan fingerprint density at radius 1 is 1.35 bits per heavy atom. The van der Waals surface area contributed by atoms with E-state index >= 15 is 0 Å². The van der Waals surface area contributed by atoms with Gasteiger partial charge < -0.3 is 16.0 Å². The van der Waals surface area contributed by atoms with Gasteiger partial charge in [0.15, 0.2) is 0 Å². The lowest BCUT2D eigenvalue weighted by molar-refractivity contribution is -0.137. The lowest BCUT2D eigenvalue weighted by atomic mass is 10.0. The number of carbonyl (C=O) groups excluding carboxylic acids is 2. The van der Waals surface area contributed by atoms with Gasteiger partial charge in [0.05, 0.1) is 6.42 Å². The van der Waals surface area contributed by atoms with Crippen LogP contribution in [0, 0.1) is 0 Å². The largest absolute Gasteiger partial charge is 0.344 e. The lowest BCUT2D eigenvalue weighted by Crippen LogP contribution is -2.53. The van der Waals surface area contributed by atoms with Crippen LogP contribution in [0.2, 0.25) is 0 Å². The second kappa shape index (κ2) is 8.67. The third-order valence-corrected chi connectivity index (χ3v) is 4.19. The minimum Gasteiger partial charge on any atom is -0.344 e. The van der Waals surface area contributed by atoms with Gasteiger partial charge in [0.25, 0.3) is 0 Å². The number of nitrogens with zero attached hydrogens (tertiary/aromatic N) is 1. The van der Waals surface area contributed by atoms with E-state index in [1.807, 2.05) is 37.3 Å². The molecule has 126 valence electrons. The molecule has 1 aromatic rings. The molecule has 5 nitrogen and oxygen atoms in total. The van der Waals surface area contributed by atoms with Gasteiger partial charge in [-0.05, 0) is 24.8 Å². The summed E-state index contributed by atoms with van der Waals surface area (Å²) in [6.07, 6.45) is 3.70. The van der Waals surface area contributed by atoms with E-state index in [9.17, 15) is 9.59 Å². The van der Waals surface area contributed by atoms with Crippen LogP contribution in [0.3, 0.4) is 0 Å². The van der Waals surface area contributed by atoms with Gasteiger partial charge in [-0.2, -0.15) is 0 Å². The van der Waals surface area contributed by atoms with Gasteiger partial charge in [-0.1, -0.05) is 43.7 Å². The molecule has 5 heteroatoms. The number of nitrogens with one attached hydrogen (secondary N) is 1. The van der Waals surface area contributed by atoms with E-state index < -0.39 is 6.04 Å². The predicted molar refractivity (Wildman–Crippen MR) is 90.8 cm³/mol. The van der Waals surface area contributed by atoms with Crippen molar-refractivity contribution in [2.75, 3.05) is 13.1 Å². The van der Waals surface area contributed by atoms with Crippen LogP contribution in [0.15, 0.2) is 30.3 Å². The molecule has 1 saturated heterocycles. The zero-order valence-corrected chi connectivity index (χ0v) is 13.8. The second-order valence-electron chi connectivity index (χ2n) is 6.26. The van der Waals surface area contributed by atoms with Crippen molar-refractivity contribution >= 4 is 11.8 Å². The maximum atomic E-state index is 12.7. The SMILES string of the molecule is CCCC(NC(=O)Cc1ccccc1)C(=O)N1CCCC(N)C1. The standard InChI is InChI=1S/C18H27N3O2/c1-2-7-16(18(23)21-11-6-10-15(19)13-21)20-17(22)12-14-8-4-3-5-9-14/h3-5,8-9,15-16H,2,6-7,10-13,19H2,1H3,(H,20,22). The molecule has 2 amide bonds. The van der Waals surface area contributed by atoms with Gasteiger partial charge in [-0.3, -0.25) is 9.59 Å². The number of nitrogens with two attached hydrogens (primary N) is 1. The molecule has 0 bridgehead atoms. The van der Waals surface area contributed by atoms with Gasteiger partial charge in [-0.25, -0.2) is 0 Å². The number of likely N-dealkylation sites (tertiary alicyclic amines) is 1. The van der Waals surface area contributed by atoms with Crippen LogP contribution in [-0.4, -0.2) is 41.9 Å². The second-order valence-corrected chi connectivity index (χ2v) is 6.26. The number of piperidine rings is 1. The number of carbonyl (C=O) groups is 2. The average Bonchev–Trinajstić information content (AvgIpc) is 2.54. The van der Waals surface area contributed by atoms with Crippen LogP contribution >= 0.6 is 0 Å². The van der Waals surface area contributed by atoms with Gasteiger partial charge in [0, 0.05) is 19.1 Å². The molecule has 0 aromatic heterocycles. The Bertz CT molecular complexity index is 518. The molecule has 0 saturated carbocycles. The van der Waals surface area contributed by atoms with E-state index in [0.717, 1.165) is 31.4 Å². The zero-order valence-electron chi connectivity index (χ0n) is 13.8. The number of amides is 2. The Labute approximate surface area is 138 Å². The molecule has 0 spiro atoms. The maximum Gasteiger partial charge on any atom is 0.245 e. The molecule has 1 aliphatic heterocycles. The van der Waals surface area contributed by atoms with Crippen molar-refractivity contribution in [1.82, 2.24) is 10.2 Å². The summed E-state index contributed by atoms with van der Waals surface area (Å²) in [5.74, 6) is -0.104. The summed E-state index contributed by atoms with van der Waals surface area (Å²) in [6, 6.07) is 9.18. The minimum absolute atomic E-state index is 0.00316. The van der Waals surface area contributed by atoms with Crippen LogP contribution in [-0.2, 0) is 16.0 Å². The first-order valence-electron chi connectivity index (χ1n) is 8.47. The van der Waals surface area contributed by atoms with Crippen LogP contribution in [0.5, 0.6) is 0 Å². The third kappa shape index (κ3) is 5.36. The molecule has 1 aromatic carbocycles. The highest BCUT2D eigenvalue weighted by atomic mass is 16.2. The molecular weight excluding hydrogens is 290 g/mol. The fourth-order valence-electron chi connectivity index (χ4n) is 3.00. The summed E-state index contributed by atoms with van der Waals surface area (Å²) >= 11 is 0. The van der Waals surface area contributed by atoms with Crippen molar-refractivity contribution in [3.63, 3.8) is 0 Å². The van der Waals surface area contributed by atoms with Crippen molar-refractivity contribution in [2.24, 2.45) is 5.73 Å². The number of rotatable bonds is 6. The maximum absolute atomic E-state index is 12.7. The van der Waals surface area contributed by atoms with Crippen LogP contribution in [0.4, 0.5) is 0 Å². The van der Waals surface area contributed by atoms with Gasteiger partial charge in [-0.15, -0.1) is 0 Å². The summed E-state index contributed by atoms with van der Waals surface area (Å²) in [5, 5.41) is 2.91. The molecule has 3 N–H and O–H groups in total. The van der Waals surface area contributed by atoms with Gasteiger partial charge in [0.2, 0.25) is 11.8 Å². The first kappa shape index (κ1) is 17.5. The summed E-state index contributed by atoms with van der Waals surface area (Å²) in [7, 11) is 0. The van der Waals surface area contributed by atoms with Crippen LogP contribution in [0.1, 0.15) is 38.2 Å². The summed E-state index contributed by atoms with van der Waals surface area (Å²) in [6.45, 7) is 3.35. The number of hydrogen-bond acceptors (Lipinski definition) is 3.